The van der Waals surface area contributed by atoms with Gasteiger partial charge in [0.25, 0.3) is 5.91 Å². The largest absolute Gasteiger partial charge is 0.401 e. The van der Waals surface area contributed by atoms with Gasteiger partial charge in [0.05, 0.1) is 18.2 Å². The summed E-state index contributed by atoms with van der Waals surface area (Å²) in [6.45, 7) is 1.54. The summed E-state index contributed by atoms with van der Waals surface area (Å²) in [4.78, 5) is 31.0. The Morgan fingerprint density at radius 2 is 1.97 bits per heavy atom. The maximum Gasteiger partial charge on any atom is 0.401 e. The third-order valence-electron chi connectivity index (χ3n) is 7.28. The van der Waals surface area contributed by atoms with Crippen LogP contribution in [0.15, 0.2) is 30.3 Å². The van der Waals surface area contributed by atoms with Crippen LogP contribution in [0.25, 0.3) is 10.9 Å². The first-order valence-electron chi connectivity index (χ1n) is 11.6. The molecule has 182 valence electrons. The van der Waals surface area contributed by atoms with E-state index < -0.39 is 12.7 Å². The fourth-order valence-electron chi connectivity index (χ4n) is 6.00. The van der Waals surface area contributed by atoms with Crippen LogP contribution in [0, 0.1) is 12.3 Å². The van der Waals surface area contributed by atoms with E-state index in [-0.39, 0.29) is 41.9 Å². The van der Waals surface area contributed by atoms with Gasteiger partial charge in [-0.25, -0.2) is 4.98 Å². The minimum atomic E-state index is -4.22. The Morgan fingerprint density at radius 1 is 1.21 bits per heavy atom. The molecule has 1 amide bonds. The standard InChI is InChI=1S/C25H28F3N3O3/c1-16-2-4-20-17(8-16)3-5-21(29-20)22(33)30-24-12-23(13-24,14-24)9-18(32)11-34-19-6-7-31(10-19)15-25(26,27)28/h2-5,8,19H,6-7,9-15H2,1H3,(H,30,33)/t19-,23?,24?/m0/s1. The Kier molecular flexibility index (Phi) is 5.67. The Hall–Kier alpha value is -2.52. The van der Waals surface area contributed by atoms with Gasteiger partial charge in [-0.3, -0.25) is 14.5 Å². The lowest BCUT2D eigenvalue weighted by atomic mass is 9.38. The Bertz CT molecular complexity index is 1110. The summed E-state index contributed by atoms with van der Waals surface area (Å²) in [6, 6.07) is 9.54. The van der Waals surface area contributed by atoms with Gasteiger partial charge in [-0.05, 0) is 56.2 Å². The number of aromatic nitrogens is 1. The molecule has 6 nitrogen and oxygen atoms in total. The number of benzene rings is 1. The van der Waals surface area contributed by atoms with E-state index in [2.05, 4.69) is 10.3 Å². The van der Waals surface area contributed by atoms with Crippen LogP contribution >= 0.6 is 0 Å². The smallest absolute Gasteiger partial charge is 0.369 e. The molecule has 1 aromatic carbocycles. The molecule has 1 aliphatic heterocycles. The summed E-state index contributed by atoms with van der Waals surface area (Å²) < 4.78 is 43.1. The van der Waals surface area contributed by atoms with Crippen LogP contribution in [-0.4, -0.2) is 65.6 Å². The van der Waals surface area contributed by atoms with E-state index in [1.165, 1.54) is 4.90 Å². The molecule has 1 saturated heterocycles. The number of pyridine rings is 1. The summed E-state index contributed by atoms with van der Waals surface area (Å²) >= 11 is 0. The molecule has 4 fully saturated rings. The second-order valence-electron chi connectivity index (χ2n) is 10.4. The number of nitrogens with one attached hydrogen (secondary N) is 1. The van der Waals surface area contributed by atoms with E-state index in [1.54, 1.807) is 6.07 Å². The van der Waals surface area contributed by atoms with Crippen molar-refractivity contribution in [1.82, 2.24) is 15.2 Å². The van der Waals surface area contributed by atoms with Crippen molar-refractivity contribution in [3.8, 4) is 0 Å². The average Bonchev–Trinajstić information content (AvgIpc) is 3.14. The third kappa shape index (κ3) is 4.81. The van der Waals surface area contributed by atoms with Crippen molar-refractivity contribution in [1.29, 1.82) is 0 Å². The molecule has 3 saturated carbocycles. The molecule has 1 atom stereocenters. The second kappa shape index (κ2) is 8.30. The number of ether oxygens (including phenoxy) is 1. The first-order valence-corrected chi connectivity index (χ1v) is 11.6. The number of halogens is 3. The first-order chi connectivity index (χ1) is 16.0. The number of amides is 1. The number of carbonyl (C=O) groups excluding carboxylic acids is 2. The van der Waals surface area contributed by atoms with E-state index in [4.69, 9.17) is 4.74 Å². The lowest BCUT2D eigenvalue weighted by molar-refractivity contribution is -0.165. The quantitative estimate of drug-likeness (QED) is 0.629. The maximum atomic E-state index is 12.7. The number of hydrogen-bond acceptors (Lipinski definition) is 5. The monoisotopic (exact) mass is 475 g/mol. The van der Waals surface area contributed by atoms with Gasteiger partial charge in [-0.15, -0.1) is 0 Å². The van der Waals surface area contributed by atoms with E-state index in [0.29, 0.717) is 25.1 Å². The Balaban J connectivity index is 1.06. The zero-order chi connectivity index (χ0) is 24.1. The molecule has 2 heterocycles. The van der Waals surface area contributed by atoms with Gasteiger partial charge in [0.15, 0.2) is 5.78 Å². The zero-order valence-electron chi connectivity index (χ0n) is 19.1. The van der Waals surface area contributed by atoms with Crippen LogP contribution in [-0.2, 0) is 9.53 Å². The van der Waals surface area contributed by atoms with Crippen LogP contribution in [0.2, 0.25) is 0 Å². The van der Waals surface area contributed by atoms with Gasteiger partial charge in [0.1, 0.15) is 12.3 Å². The maximum absolute atomic E-state index is 12.7. The SMILES string of the molecule is Cc1ccc2nc(C(=O)NC34CC(CC(=O)CO[C@H]5CCN(CC(F)(F)F)C5)(C3)C4)ccc2c1. The number of fused-ring (bicyclic) bond motifs is 1. The molecule has 0 spiro atoms. The second-order valence-corrected chi connectivity index (χ2v) is 10.4. The number of hydrogen-bond donors (Lipinski definition) is 1. The topological polar surface area (TPSA) is 71.5 Å². The highest BCUT2D eigenvalue weighted by atomic mass is 19.4. The number of ketones is 1. The van der Waals surface area contributed by atoms with E-state index in [9.17, 15) is 22.8 Å². The highest BCUT2D eigenvalue weighted by molar-refractivity contribution is 5.95. The first kappa shape index (κ1) is 23.2. The molecular formula is C25H28F3N3O3. The van der Waals surface area contributed by atoms with E-state index in [0.717, 1.165) is 35.7 Å². The van der Waals surface area contributed by atoms with Gasteiger partial charge in [0, 0.05) is 30.4 Å². The molecule has 9 heteroatoms. The molecule has 34 heavy (non-hydrogen) atoms. The number of aryl methyl sites for hydroxylation is 1. The molecular weight excluding hydrogens is 447 g/mol. The minimum Gasteiger partial charge on any atom is -0.369 e. The van der Waals surface area contributed by atoms with Crippen molar-refractivity contribution in [3.05, 3.63) is 41.6 Å². The Labute approximate surface area is 195 Å². The lowest BCUT2D eigenvalue weighted by Gasteiger charge is -2.70. The van der Waals surface area contributed by atoms with Crippen LogP contribution < -0.4 is 5.32 Å². The fraction of sp³-hybridized carbons (Fsp3) is 0.560. The summed E-state index contributed by atoms with van der Waals surface area (Å²) in [7, 11) is 0. The third-order valence-corrected chi connectivity index (χ3v) is 7.28. The van der Waals surface area contributed by atoms with Gasteiger partial charge in [-0.2, -0.15) is 13.2 Å². The van der Waals surface area contributed by atoms with E-state index in [1.807, 2.05) is 31.2 Å². The molecule has 6 rings (SSSR count). The van der Waals surface area contributed by atoms with Gasteiger partial charge < -0.3 is 10.1 Å². The molecule has 1 aromatic heterocycles. The lowest BCUT2D eigenvalue weighted by Crippen LogP contribution is -2.75. The highest BCUT2D eigenvalue weighted by Crippen LogP contribution is 2.69. The predicted octanol–water partition coefficient (Wildman–Crippen LogP) is 3.81. The minimum absolute atomic E-state index is 0.0274. The highest BCUT2D eigenvalue weighted by Gasteiger charge is 2.68. The number of alkyl halides is 3. The van der Waals surface area contributed by atoms with Crippen molar-refractivity contribution in [2.75, 3.05) is 26.2 Å². The molecule has 0 radical (unpaired) electrons. The van der Waals surface area contributed by atoms with Gasteiger partial charge in [-0.1, -0.05) is 17.7 Å². The van der Waals surface area contributed by atoms with Crippen molar-refractivity contribution in [2.24, 2.45) is 5.41 Å². The van der Waals surface area contributed by atoms with Crippen molar-refractivity contribution in [2.45, 2.75) is 56.8 Å². The van der Waals surface area contributed by atoms with Crippen LogP contribution in [0.3, 0.4) is 0 Å². The number of nitrogens with zero attached hydrogens (tertiary/aromatic N) is 2. The summed E-state index contributed by atoms with van der Waals surface area (Å²) in [5.74, 6) is -0.226. The Morgan fingerprint density at radius 3 is 2.71 bits per heavy atom. The summed E-state index contributed by atoms with van der Waals surface area (Å²) in [6.07, 6.45) is -1.39. The summed E-state index contributed by atoms with van der Waals surface area (Å²) in [5, 5.41) is 4.10. The molecule has 4 aliphatic rings. The van der Waals surface area contributed by atoms with Crippen LogP contribution in [0.5, 0.6) is 0 Å². The van der Waals surface area contributed by atoms with Gasteiger partial charge in [0.2, 0.25) is 0 Å². The van der Waals surface area contributed by atoms with Crippen LogP contribution in [0.4, 0.5) is 13.2 Å². The fourth-order valence-corrected chi connectivity index (χ4v) is 6.00. The number of rotatable bonds is 8. The van der Waals surface area contributed by atoms with Gasteiger partial charge >= 0.3 is 6.18 Å². The van der Waals surface area contributed by atoms with Crippen LogP contribution in [0.1, 0.15) is 48.2 Å². The predicted molar refractivity (Wildman–Crippen MR) is 119 cm³/mol. The molecule has 0 unspecified atom stereocenters. The average molecular weight is 476 g/mol. The van der Waals surface area contributed by atoms with Crippen molar-refractivity contribution in [3.63, 3.8) is 0 Å². The summed E-state index contributed by atoms with van der Waals surface area (Å²) in [5.41, 5.74) is 1.96. The number of carbonyl (C=O) groups is 2. The normalized spacial score (nSPS) is 28.4. The van der Waals surface area contributed by atoms with Crippen molar-refractivity contribution < 1.29 is 27.5 Å². The number of Topliss-reactive ketones (excluding diaryl/α,β-unsaturated/α-hetero) is 1. The van der Waals surface area contributed by atoms with E-state index >= 15 is 0 Å². The molecule has 2 aromatic rings. The van der Waals surface area contributed by atoms with Crippen molar-refractivity contribution >= 4 is 22.6 Å². The zero-order valence-corrected chi connectivity index (χ0v) is 19.1. The molecule has 3 aliphatic carbocycles. The number of likely N-dealkylation sites (tertiary alicyclic amines) is 1. The molecule has 1 N–H and O–H groups in total. The molecule has 2 bridgehead atoms.